The third-order valence-electron chi connectivity index (χ3n) is 4.04. The second-order valence-corrected chi connectivity index (χ2v) is 6.04. The van der Waals surface area contributed by atoms with Gasteiger partial charge in [-0.25, -0.2) is 0 Å². The van der Waals surface area contributed by atoms with Gasteiger partial charge in [0.2, 0.25) is 11.7 Å². The van der Waals surface area contributed by atoms with Crippen molar-refractivity contribution in [3.05, 3.63) is 78.2 Å². The van der Waals surface area contributed by atoms with Gasteiger partial charge in [0.05, 0.1) is 7.11 Å². The second kappa shape index (κ2) is 8.31. The number of rotatable bonds is 7. The fourth-order valence-electron chi connectivity index (χ4n) is 2.76. The summed E-state index contributed by atoms with van der Waals surface area (Å²) in [4.78, 5) is 19.0. The summed E-state index contributed by atoms with van der Waals surface area (Å²) >= 11 is 0. The third-order valence-corrected chi connectivity index (χ3v) is 4.04. The maximum atomic E-state index is 13.1. The van der Waals surface area contributed by atoms with Gasteiger partial charge in [0, 0.05) is 31.1 Å². The lowest BCUT2D eigenvalue weighted by Gasteiger charge is -2.22. The molecule has 1 heterocycles. The van der Waals surface area contributed by atoms with Crippen LogP contribution in [0.1, 0.15) is 21.8 Å². The van der Waals surface area contributed by atoms with Crippen LogP contribution in [-0.2, 0) is 6.54 Å². The minimum absolute atomic E-state index is 0.0974. The Morgan fingerprint density at radius 2 is 2.07 bits per heavy atom. The number of hydrogen-bond donors (Lipinski definition) is 0. The van der Waals surface area contributed by atoms with Crippen LogP contribution in [0.15, 0.2) is 65.7 Å². The number of carbonyl (C=O) groups excluding carboxylic acids is 1. The molecule has 0 atom stereocenters. The lowest BCUT2D eigenvalue weighted by molar-refractivity contribution is 0.0762. The zero-order chi connectivity index (χ0) is 19.2. The highest BCUT2D eigenvalue weighted by Gasteiger charge is 2.17. The number of nitrogens with zero attached hydrogens (tertiary/aromatic N) is 3. The van der Waals surface area contributed by atoms with Crippen LogP contribution in [0.2, 0.25) is 0 Å². The van der Waals surface area contributed by atoms with E-state index < -0.39 is 0 Å². The molecule has 0 bridgehead atoms. The van der Waals surface area contributed by atoms with Crippen molar-refractivity contribution >= 4 is 5.91 Å². The zero-order valence-corrected chi connectivity index (χ0v) is 15.4. The van der Waals surface area contributed by atoms with Gasteiger partial charge in [0.1, 0.15) is 5.75 Å². The van der Waals surface area contributed by atoms with Crippen LogP contribution in [0.5, 0.6) is 5.75 Å². The Morgan fingerprint density at radius 3 is 2.78 bits per heavy atom. The smallest absolute Gasteiger partial charge is 0.254 e. The summed E-state index contributed by atoms with van der Waals surface area (Å²) in [5, 5.41) is 3.91. The van der Waals surface area contributed by atoms with E-state index >= 15 is 0 Å². The van der Waals surface area contributed by atoms with Crippen molar-refractivity contribution in [2.75, 3.05) is 13.7 Å². The van der Waals surface area contributed by atoms with Gasteiger partial charge < -0.3 is 14.2 Å². The molecule has 0 aliphatic rings. The Hall–Kier alpha value is -3.41. The summed E-state index contributed by atoms with van der Waals surface area (Å²) in [6, 6.07) is 14.9. The molecular formula is C21H21N3O3. The number of methoxy groups -OCH3 is 1. The van der Waals surface area contributed by atoms with Crippen molar-refractivity contribution in [2.45, 2.75) is 13.5 Å². The number of benzene rings is 2. The molecule has 0 N–H and O–H groups in total. The van der Waals surface area contributed by atoms with Crippen LogP contribution in [-0.4, -0.2) is 34.6 Å². The van der Waals surface area contributed by atoms with Crippen LogP contribution < -0.4 is 4.74 Å². The highest BCUT2D eigenvalue weighted by Crippen LogP contribution is 2.20. The quantitative estimate of drug-likeness (QED) is 0.596. The van der Waals surface area contributed by atoms with Gasteiger partial charge in [-0.15, -0.1) is 6.58 Å². The minimum Gasteiger partial charge on any atom is -0.497 e. The monoisotopic (exact) mass is 363 g/mol. The minimum atomic E-state index is -0.0974. The molecule has 2 aromatic carbocycles. The van der Waals surface area contributed by atoms with Gasteiger partial charge in [-0.3, -0.25) is 4.79 Å². The van der Waals surface area contributed by atoms with Crippen LogP contribution in [0.4, 0.5) is 0 Å². The number of aromatic nitrogens is 2. The molecule has 0 saturated carbocycles. The molecule has 0 radical (unpaired) electrons. The number of carbonyl (C=O) groups is 1. The predicted octanol–water partition coefficient (Wildman–Crippen LogP) is 3.88. The van der Waals surface area contributed by atoms with E-state index in [2.05, 4.69) is 16.7 Å². The first kappa shape index (κ1) is 18.4. The van der Waals surface area contributed by atoms with Gasteiger partial charge in [-0.1, -0.05) is 35.5 Å². The van der Waals surface area contributed by atoms with Crippen molar-refractivity contribution in [1.29, 1.82) is 0 Å². The average molecular weight is 363 g/mol. The molecule has 27 heavy (non-hydrogen) atoms. The Morgan fingerprint density at radius 1 is 1.26 bits per heavy atom. The van der Waals surface area contributed by atoms with E-state index in [1.807, 2.05) is 36.4 Å². The van der Waals surface area contributed by atoms with Gasteiger partial charge in [0.25, 0.3) is 5.91 Å². The molecule has 1 amide bonds. The van der Waals surface area contributed by atoms with Gasteiger partial charge in [-0.05, 0) is 29.8 Å². The summed E-state index contributed by atoms with van der Waals surface area (Å²) in [7, 11) is 1.62. The van der Waals surface area contributed by atoms with E-state index in [0.717, 1.165) is 16.9 Å². The molecule has 138 valence electrons. The molecule has 0 aliphatic carbocycles. The van der Waals surface area contributed by atoms with E-state index in [-0.39, 0.29) is 5.91 Å². The number of hydrogen-bond acceptors (Lipinski definition) is 5. The lowest BCUT2D eigenvalue weighted by atomic mass is 10.1. The molecule has 3 aromatic rings. The van der Waals surface area contributed by atoms with Gasteiger partial charge in [-0.2, -0.15) is 4.98 Å². The SMILES string of the molecule is C=CCN(Cc1cccc(OC)c1)C(=O)c1cccc(-c2noc(C)n2)c1. The Kier molecular flexibility index (Phi) is 5.66. The van der Waals surface area contributed by atoms with Crippen LogP contribution in [0.25, 0.3) is 11.4 Å². The van der Waals surface area contributed by atoms with Crippen molar-refractivity contribution in [1.82, 2.24) is 15.0 Å². The molecule has 3 rings (SSSR count). The van der Waals surface area contributed by atoms with Crippen molar-refractivity contribution in [3.8, 4) is 17.1 Å². The zero-order valence-electron chi connectivity index (χ0n) is 15.4. The summed E-state index contributed by atoms with van der Waals surface area (Å²) in [5.41, 5.74) is 2.27. The highest BCUT2D eigenvalue weighted by atomic mass is 16.5. The lowest BCUT2D eigenvalue weighted by Crippen LogP contribution is -2.30. The first-order chi connectivity index (χ1) is 13.1. The molecule has 0 spiro atoms. The summed E-state index contributed by atoms with van der Waals surface area (Å²) in [6.07, 6.45) is 1.71. The maximum Gasteiger partial charge on any atom is 0.254 e. The highest BCUT2D eigenvalue weighted by molar-refractivity contribution is 5.95. The first-order valence-corrected chi connectivity index (χ1v) is 8.54. The largest absolute Gasteiger partial charge is 0.497 e. The van der Waals surface area contributed by atoms with Crippen LogP contribution >= 0.6 is 0 Å². The average Bonchev–Trinajstić information content (AvgIpc) is 3.14. The Balaban J connectivity index is 1.85. The third kappa shape index (κ3) is 4.41. The molecule has 6 heteroatoms. The molecule has 0 unspecified atom stereocenters. The van der Waals surface area contributed by atoms with Crippen LogP contribution in [0.3, 0.4) is 0 Å². The van der Waals surface area contributed by atoms with E-state index in [4.69, 9.17) is 9.26 Å². The molecule has 0 aliphatic heterocycles. The van der Waals surface area contributed by atoms with Gasteiger partial charge >= 0.3 is 0 Å². The summed E-state index contributed by atoms with van der Waals surface area (Å²) in [5.74, 6) is 1.60. The molecule has 6 nitrogen and oxygen atoms in total. The standard InChI is InChI=1S/C21H21N3O3/c1-4-11-24(14-16-7-5-10-19(12-16)26-3)21(25)18-9-6-8-17(13-18)20-22-15(2)27-23-20/h4-10,12-13H,1,11,14H2,2-3H3. The molecule has 0 fully saturated rings. The fourth-order valence-corrected chi connectivity index (χ4v) is 2.76. The van der Waals surface area contributed by atoms with E-state index in [0.29, 0.717) is 30.4 Å². The molecule has 1 aromatic heterocycles. The second-order valence-electron chi connectivity index (χ2n) is 6.04. The van der Waals surface area contributed by atoms with Crippen molar-refractivity contribution in [3.63, 3.8) is 0 Å². The summed E-state index contributed by atoms with van der Waals surface area (Å²) < 4.78 is 10.3. The maximum absolute atomic E-state index is 13.1. The summed E-state index contributed by atoms with van der Waals surface area (Å²) in [6.45, 7) is 6.38. The number of ether oxygens (including phenoxy) is 1. The van der Waals surface area contributed by atoms with E-state index in [9.17, 15) is 4.79 Å². The molecule has 0 saturated heterocycles. The van der Waals surface area contributed by atoms with E-state index in [1.165, 1.54) is 0 Å². The molecular weight excluding hydrogens is 342 g/mol. The first-order valence-electron chi connectivity index (χ1n) is 8.54. The van der Waals surface area contributed by atoms with Crippen LogP contribution in [0, 0.1) is 6.92 Å². The Bertz CT molecular complexity index is 949. The Labute approximate surface area is 158 Å². The van der Waals surface area contributed by atoms with Gasteiger partial charge in [0.15, 0.2) is 0 Å². The topological polar surface area (TPSA) is 68.5 Å². The van der Waals surface area contributed by atoms with Crippen molar-refractivity contribution < 1.29 is 14.1 Å². The number of aryl methyl sites for hydroxylation is 1. The number of amides is 1. The normalized spacial score (nSPS) is 10.4. The van der Waals surface area contributed by atoms with Crippen molar-refractivity contribution in [2.24, 2.45) is 0 Å². The van der Waals surface area contributed by atoms with E-state index in [1.54, 1.807) is 37.1 Å². The predicted molar refractivity (Wildman–Crippen MR) is 102 cm³/mol. The fraction of sp³-hybridized carbons (Fsp3) is 0.190.